The van der Waals surface area contributed by atoms with Gasteiger partial charge in [-0.05, 0) is 13.0 Å². The smallest absolute Gasteiger partial charge is 0.246 e. The van der Waals surface area contributed by atoms with Gasteiger partial charge in [0.2, 0.25) is 5.91 Å². The van der Waals surface area contributed by atoms with Gasteiger partial charge in [0.05, 0.1) is 18.9 Å². The van der Waals surface area contributed by atoms with Gasteiger partial charge >= 0.3 is 0 Å². The molecule has 1 aliphatic rings. The lowest BCUT2D eigenvalue weighted by molar-refractivity contribution is -0.129. The fraction of sp³-hybridized carbons (Fsp3) is 0.500. The van der Waals surface area contributed by atoms with Crippen LogP contribution in [0, 0.1) is 6.92 Å². The molecule has 0 aliphatic carbocycles. The number of aromatic nitrogens is 2. The van der Waals surface area contributed by atoms with Gasteiger partial charge in [-0.2, -0.15) is 5.10 Å². The van der Waals surface area contributed by atoms with Crippen LogP contribution in [-0.2, 0) is 16.6 Å². The van der Waals surface area contributed by atoms with E-state index in [2.05, 4.69) is 5.10 Å². The standard InChI is InChI=1S/C12H16ClN3O2/c1-9-10(12(13)15(2)14-9)3-4-11(17)16-5-7-18-8-6-16/h3-4H,5-8H2,1-2H3/b4-3-. The summed E-state index contributed by atoms with van der Waals surface area (Å²) in [4.78, 5) is 13.7. The Balaban J connectivity index is 2.08. The number of carbonyl (C=O) groups excluding carboxylic acids is 1. The first-order valence-corrected chi connectivity index (χ1v) is 6.21. The van der Waals surface area contributed by atoms with Crippen molar-refractivity contribution in [1.82, 2.24) is 14.7 Å². The second-order valence-corrected chi connectivity index (χ2v) is 4.54. The molecule has 18 heavy (non-hydrogen) atoms. The highest BCUT2D eigenvalue weighted by molar-refractivity contribution is 6.31. The molecule has 98 valence electrons. The minimum atomic E-state index is -0.0161. The van der Waals surface area contributed by atoms with Crippen LogP contribution in [0.5, 0.6) is 0 Å². The normalized spacial score (nSPS) is 16.5. The molecule has 2 heterocycles. The Kier molecular flexibility index (Phi) is 4.04. The maximum Gasteiger partial charge on any atom is 0.246 e. The van der Waals surface area contributed by atoms with E-state index in [0.29, 0.717) is 31.5 Å². The Bertz CT molecular complexity index is 476. The molecular formula is C12H16ClN3O2. The monoisotopic (exact) mass is 269 g/mol. The molecule has 0 unspecified atom stereocenters. The van der Waals surface area contributed by atoms with Crippen molar-refractivity contribution in [3.63, 3.8) is 0 Å². The highest BCUT2D eigenvalue weighted by Gasteiger charge is 2.15. The lowest BCUT2D eigenvalue weighted by Crippen LogP contribution is -2.39. The number of aryl methyl sites for hydroxylation is 2. The molecule has 1 aromatic rings. The number of hydrogen-bond donors (Lipinski definition) is 0. The zero-order valence-electron chi connectivity index (χ0n) is 10.5. The van der Waals surface area contributed by atoms with Crippen LogP contribution in [0.4, 0.5) is 0 Å². The summed E-state index contributed by atoms with van der Waals surface area (Å²) in [6.45, 7) is 4.36. The van der Waals surface area contributed by atoms with Crippen LogP contribution in [0.2, 0.25) is 5.15 Å². The van der Waals surface area contributed by atoms with Crippen molar-refractivity contribution in [3.05, 3.63) is 22.5 Å². The van der Waals surface area contributed by atoms with E-state index in [-0.39, 0.29) is 5.91 Å². The zero-order chi connectivity index (χ0) is 13.1. The summed E-state index contributed by atoms with van der Waals surface area (Å²) in [6.07, 6.45) is 3.27. The van der Waals surface area contributed by atoms with Gasteiger partial charge in [0.1, 0.15) is 5.15 Å². The molecule has 0 aromatic carbocycles. The predicted molar refractivity (Wildman–Crippen MR) is 69.4 cm³/mol. The van der Waals surface area contributed by atoms with E-state index < -0.39 is 0 Å². The molecule has 1 aliphatic heterocycles. The van der Waals surface area contributed by atoms with Crippen LogP contribution >= 0.6 is 11.6 Å². The Morgan fingerprint density at radius 2 is 2.11 bits per heavy atom. The van der Waals surface area contributed by atoms with Crippen LogP contribution in [0.15, 0.2) is 6.08 Å². The van der Waals surface area contributed by atoms with Gasteiger partial charge < -0.3 is 9.64 Å². The number of halogens is 1. The summed E-state index contributed by atoms with van der Waals surface area (Å²) in [6, 6.07) is 0. The lowest BCUT2D eigenvalue weighted by atomic mass is 10.2. The maximum absolute atomic E-state index is 11.9. The van der Waals surface area contributed by atoms with Crippen LogP contribution in [0.1, 0.15) is 11.3 Å². The number of nitrogens with zero attached hydrogens (tertiary/aromatic N) is 3. The highest BCUT2D eigenvalue weighted by atomic mass is 35.5. The van der Waals surface area contributed by atoms with Crippen molar-refractivity contribution in [2.24, 2.45) is 7.05 Å². The molecule has 0 radical (unpaired) electrons. The van der Waals surface area contributed by atoms with E-state index in [0.717, 1.165) is 11.3 Å². The van der Waals surface area contributed by atoms with E-state index in [1.54, 1.807) is 28.8 Å². The molecule has 1 saturated heterocycles. The molecular weight excluding hydrogens is 254 g/mol. The van der Waals surface area contributed by atoms with Gasteiger partial charge in [-0.1, -0.05) is 11.6 Å². The van der Waals surface area contributed by atoms with Crippen molar-refractivity contribution in [2.75, 3.05) is 26.3 Å². The third kappa shape index (κ3) is 2.73. The lowest BCUT2D eigenvalue weighted by Gasteiger charge is -2.25. The number of carbonyl (C=O) groups is 1. The predicted octanol–water partition coefficient (Wildman–Crippen LogP) is 1.25. The number of rotatable bonds is 2. The third-order valence-electron chi connectivity index (χ3n) is 2.91. The minimum absolute atomic E-state index is 0.0161. The molecule has 0 N–H and O–H groups in total. The van der Waals surface area contributed by atoms with Crippen molar-refractivity contribution in [1.29, 1.82) is 0 Å². The first-order chi connectivity index (χ1) is 8.59. The second kappa shape index (κ2) is 5.54. The molecule has 1 aromatic heterocycles. The van der Waals surface area contributed by atoms with Gasteiger partial charge in [-0.25, -0.2) is 0 Å². The topological polar surface area (TPSA) is 47.4 Å². The largest absolute Gasteiger partial charge is 0.378 e. The SMILES string of the molecule is Cc1nn(C)c(Cl)c1/C=C\C(=O)N1CCOCC1. The summed E-state index contributed by atoms with van der Waals surface area (Å²) < 4.78 is 6.79. The van der Waals surface area contributed by atoms with E-state index in [1.807, 2.05) is 6.92 Å². The molecule has 1 fully saturated rings. The Hall–Kier alpha value is -1.33. The van der Waals surface area contributed by atoms with Gasteiger partial charge in [0, 0.05) is 31.8 Å². The summed E-state index contributed by atoms with van der Waals surface area (Å²) in [5, 5.41) is 4.73. The average Bonchev–Trinajstić information content (AvgIpc) is 2.62. The Morgan fingerprint density at radius 3 is 2.67 bits per heavy atom. The third-order valence-corrected chi connectivity index (χ3v) is 3.36. The molecule has 0 saturated carbocycles. The first kappa shape index (κ1) is 13.1. The van der Waals surface area contributed by atoms with Gasteiger partial charge in [0.15, 0.2) is 0 Å². The van der Waals surface area contributed by atoms with Crippen LogP contribution in [0.3, 0.4) is 0 Å². The first-order valence-electron chi connectivity index (χ1n) is 5.83. The Morgan fingerprint density at radius 1 is 1.44 bits per heavy atom. The highest BCUT2D eigenvalue weighted by Crippen LogP contribution is 2.20. The van der Waals surface area contributed by atoms with E-state index in [1.165, 1.54) is 0 Å². The fourth-order valence-corrected chi connectivity index (χ4v) is 2.12. The average molecular weight is 270 g/mol. The van der Waals surface area contributed by atoms with E-state index in [9.17, 15) is 4.79 Å². The van der Waals surface area contributed by atoms with Crippen LogP contribution in [0.25, 0.3) is 6.08 Å². The zero-order valence-corrected chi connectivity index (χ0v) is 11.3. The molecule has 0 bridgehead atoms. The Labute approximate surface area is 111 Å². The van der Waals surface area contributed by atoms with Crippen molar-refractivity contribution >= 4 is 23.6 Å². The van der Waals surface area contributed by atoms with Gasteiger partial charge in [-0.3, -0.25) is 9.48 Å². The summed E-state index contributed by atoms with van der Waals surface area (Å²) in [5.74, 6) is -0.0161. The van der Waals surface area contributed by atoms with Gasteiger partial charge in [0.25, 0.3) is 0 Å². The van der Waals surface area contributed by atoms with Gasteiger partial charge in [-0.15, -0.1) is 0 Å². The number of amides is 1. The minimum Gasteiger partial charge on any atom is -0.378 e. The van der Waals surface area contributed by atoms with Crippen molar-refractivity contribution in [3.8, 4) is 0 Å². The molecule has 2 rings (SSSR count). The summed E-state index contributed by atoms with van der Waals surface area (Å²) in [5.41, 5.74) is 1.61. The maximum atomic E-state index is 11.9. The molecule has 5 nitrogen and oxygen atoms in total. The molecule has 0 spiro atoms. The summed E-state index contributed by atoms with van der Waals surface area (Å²) in [7, 11) is 1.77. The molecule has 0 atom stereocenters. The summed E-state index contributed by atoms with van der Waals surface area (Å²) >= 11 is 6.09. The van der Waals surface area contributed by atoms with Crippen molar-refractivity contribution in [2.45, 2.75) is 6.92 Å². The van der Waals surface area contributed by atoms with Crippen LogP contribution in [-0.4, -0.2) is 46.9 Å². The number of ether oxygens (including phenoxy) is 1. The fourth-order valence-electron chi connectivity index (χ4n) is 1.88. The number of hydrogen-bond acceptors (Lipinski definition) is 3. The molecule has 1 amide bonds. The quantitative estimate of drug-likeness (QED) is 0.760. The molecule has 6 heteroatoms. The van der Waals surface area contributed by atoms with Crippen LogP contribution < -0.4 is 0 Å². The number of morpholine rings is 1. The van der Waals surface area contributed by atoms with Crippen molar-refractivity contribution < 1.29 is 9.53 Å². The van der Waals surface area contributed by atoms with E-state index >= 15 is 0 Å². The second-order valence-electron chi connectivity index (χ2n) is 4.18. The van der Waals surface area contributed by atoms with E-state index in [4.69, 9.17) is 16.3 Å².